The molecule has 0 N–H and O–H groups in total. The van der Waals surface area contributed by atoms with Crippen LogP contribution in [0, 0.1) is 12.3 Å². The maximum atomic E-state index is 12.1. The first-order chi connectivity index (χ1) is 13.3. The number of carbonyl (C=O) groups is 1. The van der Waals surface area contributed by atoms with Crippen molar-refractivity contribution in [3.63, 3.8) is 0 Å². The first-order valence-corrected chi connectivity index (χ1v) is 9.75. The van der Waals surface area contributed by atoms with E-state index >= 15 is 0 Å². The summed E-state index contributed by atoms with van der Waals surface area (Å²) < 4.78 is 12.7. The maximum Gasteiger partial charge on any atom is 0.350 e. The zero-order chi connectivity index (χ0) is 20.3. The molecule has 9 heteroatoms. The summed E-state index contributed by atoms with van der Waals surface area (Å²) >= 11 is 1.30. The number of ether oxygens (including phenoxy) is 2. The van der Waals surface area contributed by atoms with Gasteiger partial charge >= 0.3 is 5.97 Å². The molecule has 8 nitrogen and oxygen atoms in total. The normalized spacial score (nSPS) is 11.5. The molecule has 2 aromatic heterocycles. The summed E-state index contributed by atoms with van der Waals surface area (Å²) in [7, 11) is 0. The van der Waals surface area contributed by atoms with Gasteiger partial charge in [-0.25, -0.2) is 9.78 Å². The highest BCUT2D eigenvalue weighted by Gasteiger charge is 2.19. The zero-order valence-electron chi connectivity index (χ0n) is 16.6. The summed E-state index contributed by atoms with van der Waals surface area (Å²) in [6.45, 7) is 10.8. The van der Waals surface area contributed by atoms with E-state index in [1.165, 1.54) is 17.7 Å². The Balaban J connectivity index is 1.98. The molecule has 0 radical (unpaired) electrons. The number of hydrogen-bond acceptors (Lipinski definition) is 8. The Kier molecular flexibility index (Phi) is 5.73. The first kappa shape index (κ1) is 19.9. The van der Waals surface area contributed by atoms with Crippen LogP contribution in [0.2, 0.25) is 0 Å². The van der Waals surface area contributed by atoms with Crippen molar-refractivity contribution < 1.29 is 14.3 Å². The largest absolute Gasteiger partial charge is 0.491 e. The van der Waals surface area contributed by atoms with Gasteiger partial charge in [0.2, 0.25) is 0 Å². The van der Waals surface area contributed by atoms with Crippen molar-refractivity contribution in [2.24, 2.45) is 5.41 Å². The quantitative estimate of drug-likeness (QED) is 0.582. The molecule has 0 spiro atoms. The van der Waals surface area contributed by atoms with Crippen LogP contribution in [0.25, 0.3) is 16.3 Å². The molecule has 0 saturated heterocycles. The Morgan fingerprint density at radius 2 is 2.07 bits per heavy atom. The molecule has 3 aromatic rings. The number of thiazole rings is 1. The average Bonchev–Trinajstić information content (AvgIpc) is 3.29. The van der Waals surface area contributed by atoms with Gasteiger partial charge in [-0.05, 0) is 47.9 Å². The van der Waals surface area contributed by atoms with Crippen molar-refractivity contribution in [3.05, 3.63) is 35.1 Å². The third-order valence-corrected chi connectivity index (χ3v) is 4.91. The lowest BCUT2D eigenvalue weighted by Crippen LogP contribution is -2.17. The molecule has 148 valence electrons. The van der Waals surface area contributed by atoms with Crippen molar-refractivity contribution in [2.45, 2.75) is 34.6 Å². The third kappa shape index (κ3) is 4.53. The maximum absolute atomic E-state index is 12.1. The number of hydrogen-bond donors (Lipinski definition) is 0. The van der Waals surface area contributed by atoms with Crippen molar-refractivity contribution in [1.29, 1.82) is 0 Å². The molecule has 0 aliphatic carbocycles. The van der Waals surface area contributed by atoms with Crippen LogP contribution in [0.3, 0.4) is 0 Å². The molecule has 0 atom stereocenters. The van der Waals surface area contributed by atoms with E-state index < -0.39 is 0 Å². The lowest BCUT2D eigenvalue weighted by Gasteiger charge is -2.20. The van der Waals surface area contributed by atoms with Gasteiger partial charge in [0.25, 0.3) is 0 Å². The monoisotopic (exact) mass is 401 g/mol. The minimum atomic E-state index is -0.352. The van der Waals surface area contributed by atoms with E-state index in [9.17, 15) is 4.79 Å². The fourth-order valence-corrected chi connectivity index (χ4v) is 3.38. The second-order valence-electron chi connectivity index (χ2n) is 7.44. The Morgan fingerprint density at radius 3 is 2.71 bits per heavy atom. The molecule has 2 heterocycles. The number of benzene rings is 1. The summed E-state index contributed by atoms with van der Waals surface area (Å²) in [4.78, 5) is 17.1. The summed E-state index contributed by atoms with van der Waals surface area (Å²) in [6.07, 6.45) is 1.51. The fourth-order valence-electron chi connectivity index (χ4n) is 2.42. The molecule has 3 rings (SSSR count). The molecule has 0 unspecified atom stereocenters. The van der Waals surface area contributed by atoms with E-state index in [0.717, 1.165) is 10.6 Å². The third-order valence-electron chi connectivity index (χ3n) is 3.72. The molecule has 0 aliphatic heterocycles. The van der Waals surface area contributed by atoms with Crippen molar-refractivity contribution in [3.8, 4) is 22.0 Å². The van der Waals surface area contributed by atoms with Gasteiger partial charge in [-0.2, -0.15) is 4.68 Å². The van der Waals surface area contributed by atoms with Gasteiger partial charge in [-0.15, -0.1) is 16.4 Å². The number of aryl methyl sites for hydroxylation is 1. The van der Waals surface area contributed by atoms with Crippen LogP contribution in [-0.4, -0.2) is 44.4 Å². The van der Waals surface area contributed by atoms with E-state index in [-0.39, 0.29) is 11.4 Å². The number of carbonyl (C=O) groups excluding carboxylic acids is 1. The Morgan fingerprint density at radius 1 is 1.29 bits per heavy atom. The van der Waals surface area contributed by atoms with Gasteiger partial charge < -0.3 is 9.47 Å². The second-order valence-corrected chi connectivity index (χ2v) is 8.44. The van der Waals surface area contributed by atoms with Crippen molar-refractivity contribution >= 4 is 17.3 Å². The van der Waals surface area contributed by atoms with E-state index in [1.54, 1.807) is 18.5 Å². The van der Waals surface area contributed by atoms with E-state index in [2.05, 4.69) is 41.3 Å². The molecular formula is C19H23N5O3S. The Labute approximate surface area is 167 Å². The summed E-state index contributed by atoms with van der Waals surface area (Å²) in [6, 6.07) is 5.69. The number of rotatable bonds is 6. The van der Waals surface area contributed by atoms with Gasteiger partial charge in [0.05, 0.1) is 18.9 Å². The average molecular weight is 401 g/mol. The van der Waals surface area contributed by atoms with Gasteiger partial charge in [-0.1, -0.05) is 20.8 Å². The van der Waals surface area contributed by atoms with Crippen molar-refractivity contribution in [2.75, 3.05) is 13.2 Å². The smallest absolute Gasteiger partial charge is 0.350 e. The minimum absolute atomic E-state index is 0.0114. The second kappa shape index (κ2) is 8.05. The number of nitrogens with zero attached hydrogens (tertiary/aromatic N) is 5. The summed E-state index contributed by atoms with van der Waals surface area (Å²) in [5.41, 5.74) is 2.21. The highest BCUT2D eigenvalue weighted by molar-refractivity contribution is 7.17. The molecule has 0 bridgehead atoms. The molecular weight excluding hydrogens is 378 g/mol. The first-order valence-electron chi connectivity index (χ1n) is 8.93. The molecule has 0 amide bonds. The van der Waals surface area contributed by atoms with Gasteiger partial charge in [-0.3, -0.25) is 0 Å². The van der Waals surface area contributed by atoms with Crippen molar-refractivity contribution in [1.82, 2.24) is 25.2 Å². The number of aromatic nitrogens is 5. The minimum Gasteiger partial charge on any atom is -0.491 e. The molecule has 0 saturated carbocycles. The molecule has 1 aromatic carbocycles. The van der Waals surface area contributed by atoms with Crippen LogP contribution in [0.4, 0.5) is 0 Å². The number of tetrazole rings is 1. The standard InChI is InChI=1S/C19H23N5O3S/c1-6-26-18(25)16-12(2)21-17(28-16)13-7-8-15(27-10-19(3,4)5)14(9-13)24-11-20-22-23-24/h7-9,11H,6,10H2,1-5H3. The lowest BCUT2D eigenvalue weighted by molar-refractivity contribution is 0.0531. The molecule has 28 heavy (non-hydrogen) atoms. The van der Waals surface area contributed by atoms with Crippen LogP contribution in [0.5, 0.6) is 5.75 Å². The van der Waals surface area contributed by atoms with Crippen LogP contribution in [-0.2, 0) is 4.74 Å². The Hall–Kier alpha value is -2.81. The Bertz CT molecular complexity index is 961. The van der Waals surface area contributed by atoms with E-state index in [1.807, 2.05) is 18.2 Å². The predicted molar refractivity (Wildman–Crippen MR) is 106 cm³/mol. The molecule has 0 fully saturated rings. The molecule has 0 aliphatic rings. The highest BCUT2D eigenvalue weighted by atomic mass is 32.1. The van der Waals surface area contributed by atoms with Gasteiger partial charge in [0, 0.05) is 5.56 Å². The lowest BCUT2D eigenvalue weighted by atomic mass is 9.99. The van der Waals surface area contributed by atoms with E-state index in [4.69, 9.17) is 9.47 Å². The van der Waals surface area contributed by atoms with E-state index in [0.29, 0.717) is 35.2 Å². The van der Waals surface area contributed by atoms with Crippen LogP contribution in [0.1, 0.15) is 43.1 Å². The van der Waals surface area contributed by atoms with Crippen LogP contribution < -0.4 is 4.74 Å². The van der Waals surface area contributed by atoms with Crippen LogP contribution in [0.15, 0.2) is 24.5 Å². The van der Waals surface area contributed by atoms with Crippen LogP contribution >= 0.6 is 11.3 Å². The SMILES string of the molecule is CCOC(=O)c1sc(-c2ccc(OCC(C)(C)C)c(-n3cnnn3)c2)nc1C. The summed E-state index contributed by atoms with van der Waals surface area (Å²) in [5, 5.41) is 12.1. The zero-order valence-corrected chi connectivity index (χ0v) is 17.4. The number of esters is 1. The topological polar surface area (TPSA) is 92.0 Å². The highest BCUT2D eigenvalue weighted by Crippen LogP contribution is 2.33. The van der Waals surface area contributed by atoms with Gasteiger partial charge in [0.15, 0.2) is 0 Å². The fraction of sp³-hybridized carbons (Fsp3) is 0.421. The van der Waals surface area contributed by atoms with Gasteiger partial charge in [0.1, 0.15) is 27.6 Å². The summed E-state index contributed by atoms with van der Waals surface area (Å²) in [5.74, 6) is 0.319. The predicted octanol–water partition coefficient (Wildman–Crippen LogP) is 3.70.